The molecule has 0 aliphatic carbocycles. The first-order valence-electron chi connectivity index (χ1n) is 4.29. The van der Waals surface area contributed by atoms with Crippen molar-refractivity contribution < 1.29 is 5.11 Å². The Hall–Kier alpha value is -1.07. The molecule has 0 atom stereocenters. The van der Waals surface area contributed by atoms with Gasteiger partial charge in [-0.15, -0.1) is 0 Å². The Morgan fingerprint density at radius 2 is 2.43 bits per heavy atom. The quantitative estimate of drug-likeness (QED) is 0.758. The molecule has 0 aliphatic rings. The Balaban J connectivity index is 3.03. The van der Waals surface area contributed by atoms with Crippen molar-refractivity contribution in [2.24, 2.45) is 0 Å². The van der Waals surface area contributed by atoms with Crippen LogP contribution < -0.4 is 10.5 Å². The molecule has 1 rings (SSSR count). The number of halogens is 1. The first-order valence-corrected chi connectivity index (χ1v) is 4.67. The Morgan fingerprint density at radius 3 is 3.00 bits per heavy atom. The van der Waals surface area contributed by atoms with E-state index in [1.54, 1.807) is 4.90 Å². The SMILES string of the molecule is CCN(CCO)c1nc[nH]c(=O)c1Cl. The standard InChI is InChI=1S/C8H12ClN3O2/c1-2-12(3-4-13)7-6(9)8(14)11-5-10-7/h5,13H,2-4H2,1H3,(H,10,11,14). The van der Waals surface area contributed by atoms with Crippen molar-refractivity contribution in [1.29, 1.82) is 0 Å². The molecule has 6 heteroatoms. The van der Waals surface area contributed by atoms with Crippen LogP contribution >= 0.6 is 11.6 Å². The molecule has 0 amide bonds. The van der Waals surface area contributed by atoms with Crippen LogP contribution in [-0.4, -0.2) is 34.8 Å². The summed E-state index contributed by atoms with van der Waals surface area (Å²) < 4.78 is 0. The van der Waals surface area contributed by atoms with Gasteiger partial charge in [0.15, 0.2) is 5.82 Å². The van der Waals surface area contributed by atoms with Gasteiger partial charge >= 0.3 is 0 Å². The van der Waals surface area contributed by atoms with E-state index in [1.807, 2.05) is 6.92 Å². The predicted molar refractivity (Wildman–Crippen MR) is 54.8 cm³/mol. The molecule has 0 aliphatic heterocycles. The van der Waals surface area contributed by atoms with Gasteiger partial charge in [-0.05, 0) is 6.92 Å². The van der Waals surface area contributed by atoms with Gasteiger partial charge in [0, 0.05) is 13.1 Å². The molecule has 1 heterocycles. The number of hydrogen-bond donors (Lipinski definition) is 2. The van der Waals surface area contributed by atoms with E-state index in [4.69, 9.17) is 16.7 Å². The lowest BCUT2D eigenvalue weighted by atomic mass is 10.4. The number of nitrogens with one attached hydrogen (secondary N) is 1. The van der Waals surface area contributed by atoms with Crippen molar-refractivity contribution in [3.63, 3.8) is 0 Å². The van der Waals surface area contributed by atoms with Crippen LogP contribution in [0.5, 0.6) is 0 Å². The molecule has 0 saturated heterocycles. The minimum Gasteiger partial charge on any atom is -0.395 e. The molecular formula is C8H12ClN3O2. The summed E-state index contributed by atoms with van der Waals surface area (Å²) in [6.45, 7) is 2.94. The first-order chi connectivity index (χ1) is 6.70. The summed E-state index contributed by atoms with van der Waals surface area (Å²) in [7, 11) is 0. The molecule has 0 aromatic carbocycles. The highest BCUT2D eigenvalue weighted by atomic mass is 35.5. The fourth-order valence-corrected chi connectivity index (χ4v) is 1.35. The van der Waals surface area contributed by atoms with E-state index in [0.717, 1.165) is 0 Å². The monoisotopic (exact) mass is 217 g/mol. The summed E-state index contributed by atoms with van der Waals surface area (Å²) in [6.07, 6.45) is 1.30. The van der Waals surface area contributed by atoms with Crippen molar-refractivity contribution >= 4 is 17.4 Å². The van der Waals surface area contributed by atoms with Crippen molar-refractivity contribution in [1.82, 2.24) is 9.97 Å². The highest BCUT2D eigenvalue weighted by Gasteiger charge is 2.11. The Kier molecular flexibility index (Phi) is 3.91. The van der Waals surface area contributed by atoms with Crippen LogP contribution in [0.15, 0.2) is 11.1 Å². The molecule has 14 heavy (non-hydrogen) atoms. The molecule has 0 fully saturated rings. The zero-order chi connectivity index (χ0) is 10.6. The summed E-state index contributed by atoms with van der Waals surface area (Å²) in [6, 6.07) is 0. The summed E-state index contributed by atoms with van der Waals surface area (Å²) in [4.78, 5) is 19.2. The van der Waals surface area contributed by atoms with Crippen molar-refractivity contribution in [2.45, 2.75) is 6.92 Å². The summed E-state index contributed by atoms with van der Waals surface area (Å²) in [5.41, 5.74) is -0.368. The molecule has 2 N–H and O–H groups in total. The molecule has 0 unspecified atom stereocenters. The van der Waals surface area contributed by atoms with Crippen LogP contribution in [-0.2, 0) is 0 Å². The van der Waals surface area contributed by atoms with E-state index in [2.05, 4.69) is 9.97 Å². The lowest BCUT2D eigenvalue weighted by Gasteiger charge is -2.20. The lowest BCUT2D eigenvalue weighted by Crippen LogP contribution is -2.29. The molecule has 0 spiro atoms. The van der Waals surface area contributed by atoms with Crippen LogP contribution in [0.1, 0.15) is 6.92 Å². The number of hydrogen-bond acceptors (Lipinski definition) is 4. The Labute approximate surface area is 86.3 Å². The van der Waals surface area contributed by atoms with Gasteiger partial charge in [0.2, 0.25) is 0 Å². The van der Waals surface area contributed by atoms with Crippen molar-refractivity contribution in [3.05, 3.63) is 21.7 Å². The zero-order valence-corrected chi connectivity index (χ0v) is 8.58. The summed E-state index contributed by atoms with van der Waals surface area (Å²) >= 11 is 5.77. The number of H-pyrrole nitrogens is 1. The van der Waals surface area contributed by atoms with Crippen molar-refractivity contribution in [3.8, 4) is 0 Å². The maximum absolute atomic E-state index is 11.1. The number of aromatic amines is 1. The largest absolute Gasteiger partial charge is 0.395 e. The van der Waals surface area contributed by atoms with Gasteiger partial charge in [0.1, 0.15) is 5.02 Å². The van der Waals surface area contributed by atoms with Gasteiger partial charge in [-0.2, -0.15) is 0 Å². The average molecular weight is 218 g/mol. The van der Waals surface area contributed by atoms with E-state index in [0.29, 0.717) is 18.9 Å². The van der Waals surface area contributed by atoms with Gasteiger partial charge in [-0.25, -0.2) is 4.98 Å². The van der Waals surface area contributed by atoms with Gasteiger partial charge in [-0.3, -0.25) is 4.79 Å². The maximum atomic E-state index is 11.1. The molecule has 78 valence electrons. The maximum Gasteiger partial charge on any atom is 0.271 e. The van der Waals surface area contributed by atoms with Crippen LogP contribution in [0, 0.1) is 0 Å². The average Bonchev–Trinajstić information content (AvgIpc) is 2.19. The van der Waals surface area contributed by atoms with Gasteiger partial charge in [0.25, 0.3) is 5.56 Å². The summed E-state index contributed by atoms with van der Waals surface area (Å²) in [5, 5.41) is 8.85. The number of rotatable bonds is 4. The minimum absolute atomic E-state index is 0.00134. The number of likely N-dealkylation sites (N-methyl/N-ethyl adjacent to an activating group) is 1. The zero-order valence-electron chi connectivity index (χ0n) is 7.83. The van der Waals surface area contributed by atoms with E-state index >= 15 is 0 Å². The molecule has 0 saturated carbocycles. The third-order valence-corrected chi connectivity index (χ3v) is 2.17. The normalized spacial score (nSPS) is 10.2. The van der Waals surface area contributed by atoms with Gasteiger partial charge in [-0.1, -0.05) is 11.6 Å². The number of aliphatic hydroxyl groups excluding tert-OH is 1. The van der Waals surface area contributed by atoms with Crippen LogP contribution in [0.2, 0.25) is 5.02 Å². The fourth-order valence-electron chi connectivity index (χ4n) is 1.13. The molecule has 5 nitrogen and oxygen atoms in total. The first kappa shape index (κ1) is 11.0. The van der Waals surface area contributed by atoms with E-state index in [-0.39, 0.29) is 17.2 Å². The van der Waals surface area contributed by atoms with E-state index in [9.17, 15) is 4.79 Å². The number of aliphatic hydroxyl groups is 1. The molecule has 0 radical (unpaired) electrons. The molecular weight excluding hydrogens is 206 g/mol. The van der Waals surface area contributed by atoms with Crippen molar-refractivity contribution in [2.75, 3.05) is 24.6 Å². The number of anilines is 1. The fraction of sp³-hybridized carbons (Fsp3) is 0.500. The Morgan fingerprint density at radius 1 is 1.71 bits per heavy atom. The highest BCUT2D eigenvalue weighted by Crippen LogP contribution is 2.17. The summed E-state index contributed by atoms with van der Waals surface area (Å²) in [5.74, 6) is 0.409. The number of aromatic nitrogens is 2. The molecule has 1 aromatic heterocycles. The van der Waals surface area contributed by atoms with E-state index < -0.39 is 0 Å². The molecule has 1 aromatic rings. The minimum atomic E-state index is -0.368. The predicted octanol–water partition coefficient (Wildman–Crippen LogP) is 0.242. The Bertz CT molecular complexity index is 353. The van der Waals surface area contributed by atoms with E-state index in [1.165, 1.54) is 6.33 Å². The van der Waals surface area contributed by atoms with Crippen LogP contribution in [0.25, 0.3) is 0 Å². The third-order valence-electron chi connectivity index (χ3n) is 1.83. The second-order valence-corrected chi connectivity index (χ2v) is 3.05. The molecule has 0 bridgehead atoms. The van der Waals surface area contributed by atoms with Crippen LogP contribution in [0.4, 0.5) is 5.82 Å². The van der Waals surface area contributed by atoms with Gasteiger partial charge in [0.05, 0.1) is 12.9 Å². The van der Waals surface area contributed by atoms with Gasteiger partial charge < -0.3 is 15.0 Å². The van der Waals surface area contributed by atoms with Crippen LogP contribution in [0.3, 0.4) is 0 Å². The lowest BCUT2D eigenvalue weighted by molar-refractivity contribution is 0.302. The second kappa shape index (κ2) is 4.97. The smallest absolute Gasteiger partial charge is 0.271 e. The third kappa shape index (κ3) is 2.24. The second-order valence-electron chi connectivity index (χ2n) is 2.67. The topological polar surface area (TPSA) is 69.2 Å². The number of nitrogens with zero attached hydrogens (tertiary/aromatic N) is 2. The highest BCUT2D eigenvalue weighted by molar-refractivity contribution is 6.32.